The van der Waals surface area contributed by atoms with E-state index in [1.54, 1.807) is 0 Å². The van der Waals surface area contributed by atoms with Gasteiger partial charge in [-0.05, 0) is 61.8 Å². The summed E-state index contributed by atoms with van der Waals surface area (Å²) >= 11 is 0. The van der Waals surface area contributed by atoms with E-state index in [0.29, 0.717) is 35.7 Å². The Morgan fingerprint density at radius 1 is 1.00 bits per heavy atom. The van der Waals surface area contributed by atoms with Crippen molar-refractivity contribution >= 4 is 5.91 Å². The van der Waals surface area contributed by atoms with Crippen molar-refractivity contribution in [3.63, 3.8) is 0 Å². The van der Waals surface area contributed by atoms with Gasteiger partial charge in [0.1, 0.15) is 0 Å². The largest absolute Gasteiger partial charge is 0.353 e. The molecule has 3 aliphatic carbocycles. The Hall–Kier alpha value is -1.35. The quantitative estimate of drug-likeness (QED) is 0.900. The minimum absolute atomic E-state index is 0.209. The molecule has 124 valence electrons. The molecule has 23 heavy (non-hydrogen) atoms. The summed E-state index contributed by atoms with van der Waals surface area (Å²) in [6, 6.07) is 11.4. The molecule has 3 fully saturated rings. The first-order valence-corrected chi connectivity index (χ1v) is 9.31. The maximum atomic E-state index is 12.6. The predicted octanol–water partition coefficient (Wildman–Crippen LogP) is 3.20. The Morgan fingerprint density at radius 3 is 2.30 bits per heavy atom. The third-order valence-electron chi connectivity index (χ3n) is 6.54. The first kappa shape index (κ1) is 15.2. The number of benzene rings is 1. The van der Waals surface area contributed by atoms with Gasteiger partial charge in [0.15, 0.2) is 0 Å². The van der Waals surface area contributed by atoms with Crippen molar-refractivity contribution < 1.29 is 4.79 Å². The van der Waals surface area contributed by atoms with Crippen LogP contribution in [-0.4, -0.2) is 18.0 Å². The Balaban J connectivity index is 1.28. The molecule has 0 aromatic heterocycles. The second kappa shape index (κ2) is 6.27. The summed E-state index contributed by atoms with van der Waals surface area (Å²) in [5.74, 6) is 2.29. The lowest BCUT2D eigenvalue weighted by Crippen LogP contribution is -2.51. The molecule has 1 amide bonds. The Labute approximate surface area is 139 Å². The maximum absolute atomic E-state index is 12.6. The fourth-order valence-corrected chi connectivity index (χ4v) is 5.06. The van der Waals surface area contributed by atoms with Crippen LogP contribution < -0.4 is 11.1 Å². The highest BCUT2D eigenvalue weighted by Gasteiger charge is 2.41. The van der Waals surface area contributed by atoms with Crippen LogP contribution in [0.25, 0.3) is 0 Å². The number of amides is 1. The third kappa shape index (κ3) is 3.03. The maximum Gasteiger partial charge on any atom is 0.223 e. The van der Waals surface area contributed by atoms with Gasteiger partial charge in [-0.3, -0.25) is 4.79 Å². The first-order valence-electron chi connectivity index (χ1n) is 9.31. The number of fused-ring (bicyclic) bond motifs is 2. The van der Waals surface area contributed by atoms with Crippen LogP contribution >= 0.6 is 0 Å². The minimum Gasteiger partial charge on any atom is -0.353 e. The van der Waals surface area contributed by atoms with E-state index < -0.39 is 0 Å². The number of nitrogens with two attached hydrogens (primary N) is 1. The number of hydrogen-bond acceptors (Lipinski definition) is 2. The van der Waals surface area contributed by atoms with Crippen molar-refractivity contribution in [2.75, 3.05) is 0 Å². The van der Waals surface area contributed by atoms with Gasteiger partial charge in [-0.15, -0.1) is 0 Å². The molecule has 3 nitrogen and oxygen atoms in total. The number of hydrogen-bond donors (Lipinski definition) is 2. The second-order valence-electron chi connectivity index (χ2n) is 7.98. The molecule has 0 radical (unpaired) electrons. The van der Waals surface area contributed by atoms with Crippen molar-refractivity contribution in [3.8, 4) is 0 Å². The van der Waals surface area contributed by atoms with Crippen LogP contribution in [0, 0.1) is 17.8 Å². The summed E-state index contributed by atoms with van der Waals surface area (Å²) in [4.78, 5) is 12.6. The average molecular weight is 312 g/mol. The van der Waals surface area contributed by atoms with Gasteiger partial charge in [0.25, 0.3) is 0 Å². The summed E-state index contributed by atoms with van der Waals surface area (Å²) in [5.41, 5.74) is 7.75. The molecule has 0 saturated heterocycles. The minimum atomic E-state index is 0.209. The Kier molecular flexibility index (Phi) is 4.14. The van der Waals surface area contributed by atoms with Crippen LogP contribution in [0.3, 0.4) is 0 Å². The molecule has 4 rings (SSSR count). The van der Waals surface area contributed by atoms with E-state index >= 15 is 0 Å². The van der Waals surface area contributed by atoms with Gasteiger partial charge in [0, 0.05) is 18.0 Å². The highest BCUT2D eigenvalue weighted by molar-refractivity contribution is 5.79. The van der Waals surface area contributed by atoms with Crippen molar-refractivity contribution in [1.29, 1.82) is 0 Å². The van der Waals surface area contributed by atoms with Gasteiger partial charge < -0.3 is 11.1 Å². The highest BCUT2D eigenvalue weighted by atomic mass is 16.1. The van der Waals surface area contributed by atoms with Crippen LogP contribution in [0.4, 0.5) is 0 Å². The van der Waals surface area contributed by atoms with Gasteiger partial charge in [-0.25, -0.2) is 0 Å². The lowest BCUT2D eigenvalue weighted by Gasteiger charge is -2.44. The zero-order chi connectivity index (χ0) is 15.8. The number of rotatable bonds is 3. The zero-order valence-electron chi connectivity index (χ0n) is 13.8. The Morgan fingerprint density at radius 2 is 1.65 bits per heavy atom. The molecule has 2 bridgehead atoms. The van der Waals surface area contributed by atoms with Crippen LogP contribution in [-0.2, 0) is 4.79 Å². The second-order valence-corrected chi connectivity index (χ2v) is 7.98. The van der Waals surface area contributed by atoms with E-state index in [9.17, 15) is 4.79 Å². The Bertz CT molecular complexity index is 538. The fraction of sp³-hybridized carbons (Fsp3) is 0.650. The molecular formula is C20H28N2O. The lowest BCUT2D eigenvalue weighted by molar-refractivity contribution is -0.129. The molecule has 1 aromatic carbocycles. The monoisotopic (exact) mass is 312 g/mol. The van der Waals surface area contributed by atoms with Crippen LogP contribution in [0.5, 0.6) is 0 Å². The smallest absolute Gasteiger partial charge is 0.223 e. The van der Waals surface area contributed by atoms with Gasteiger partial charge in [-0.1, -0.05) is 36.8 Å². The molecular weight excluding hydrogens is 284 g/mol. The topological polar surface area (TPSA) is 55.1 Å². The SMILES string of the molecule is NC1C2CCCC1CC(C(=O)NC1CC(c3ccccc3)C1)C2. The molecule has 2 unspecified atom stereocenters. The molecule has 0 aliphatic heterocycles. The highest BCUT2D eigenvalue weighted by Crippen LogP contribution is 2.42. The summed E-state index contributed by atoms with van der Waals surface area (Å²) in [5, 5.41) is 3.31. The fourth-order valence-electron chi connectivity index (χ4n) is 5.06. The average Bonchev–Trinajstić information content (AvgIpc) is 2.51. The van der Waals surface area contributed by atoms with Crippen LogP contribution in [0.1, 0.15) is 56.4 Å². The predicted molar refractivity (Wildman–Crippen MR) is 91.9 cm³/mol. The summed E-state index contributed by atoms with van der Waals surface area (Å²) in [7, 11) is 0. The van der Waals surface area contributed by atoms with Gasteiger partial charge in [0.05, 0.1) is 0 Å². The van der Waals surface area contributed by atoms with Crippen molar-refractivity contribution in [2.24, 2.45) is 23.5 Å². The van der Waals surface area contributed by atoms with Crippen molar-refractivity contribution in [3.05, 3.63) is 35.9 Å². The molecule has 3 saturated carbocycles. The van der Waals surface area contributed by atoms with Crippen LogP contribution in [0.15, 0.2) is 30.3 Å². The molecule has 3 N–H and O–H groups in total. The zero-order valence-corrected chi connectivity index (χ0v) is 13.8. The molecule has 3 aliphatic rings. The normalized spacial score (nSPS) is 39.3. The van der Waals surface area contributed by atoms with Gasteiger partial charge in [-0.2, -0.15) is 0 Å². The first-order chi connectivity index (χ1) is 11.2. The van der Waals surface area contributed by atoms with E-state index in [1.807, 2.05) is 0 Å². The number of carbonyl (C=O) groups excluding carboxylic acids is 1. The summed E-state index contributed by atoms with van der Waals surface area (Å²) < 4.78 is 0. The van der Waals surface area contributed by atoms with E-state index in [2.05, 4.69) is 35.6 Å². The summed E-state index contributed by atoms with van der Waals surface area (Å²) in [6.45, 7) is 0. The van der Waals surface area contributed by atoms with Crippen molar-refractivity contribution in [2.45, 2.75) is 62.9 Å². The molecule has 0 heterocycles. The molecule has 1 aromatic rings. The number of carbonyl (C=O) groups is 1. The van der Waals surface area contributed by atoms with Gasteiger partial charge in [0.2, 0.25) is 5.91 Å². The molecule has 2 atom stereocenters. The van der Waals surface area contributed by atoms with E-state index in [-0.39, 0.29) is 5.92 Å². The van der Waals surface area contributed by atoms with E-state index in [0.717, 1.165) is 25.7 Å². The summed E-state index contributed by atoms with van der Waals surface area (Å²) in [6.07, 6.45) is 7.96. The molecule has 3 heteroatoms. The van der Waals surface area contributed by atoms with Crippen molar-refractivity contribution in [1.82, 2.24) is 5.32 Å². The third-order valence-corrected chi connectivity index (χ3v) is 6.54. The lowest BCUT2D eigenvalue weighted by atomic mass is 9.65. The van der Waals surface area contributed by atoms with E-state index in [4.69, 9.17) is 5.73 Å². The molecule has 0 spiro atoms. The standard InChI is InChI=1S/C20H28N2O/c21-19-14-7-4-8-15(19)10-17(9-14)20(23)22-18-11-16(12-18)13-5-2-1-3-6-13/h1-3,5-6,14-19H,4,7-12,21H2,(H,22,23). The van der Waals surface area contributed by atoms with Gasteiger partial charge >= 0.3 is 0 Å². The number of nitrogens with one attached hydrogen (secondary N) is 1. The van der Waals surface area contributed by atoms with Crippen LogP contribution in [0.2, 0.25) is 0 Å². The van der Waals surface area contributed by atoms with E-state index in [1.165, 1.54) is 24.8 Å².